The maximum absolute atomic E-state index is 13.0. The highest BCUT2D eigenvalue weighted by molar-refractivity contribution is 7.99. The molecule has 2 heterocycles. The van der Waals surface area contributed by atoms with E-state index in [9.17, 15) is 14.0 Å². The fraction of sp³-hybridized carbons (Fsp3) is 0.474. The van der Waals surface area contributed by atoms with Crippen LogP contribution in [0.3, 0.4) is 0 Å². The van der Waals surface area contributed by atoms with Crippen molar-refractivity contribution < 1.29 is 27.9 Å². The van der Waals surface area contributed by atoms with Gasteiger partial charge in [-0.25, -0.2) is 9.18 Å². The Hall–Kier alpha value is -2.82. The third-order valence-corrected chi connectivity index (χ3v) is 5.18. The van der Waals surface area contributed by atoms with E-state index in [2.05, 4.69) is 10.2 Å². The van der Waals surface area contributed by atoms with Crippen molar-refractivity contribution in [3.8, 4) is 5.75 Å². The van der Waals surface area contributed by atoms with Gasteiger partial charge in [-0.2, -0.15) is 0 Å². The van der Waals surface area contributed by atoms with Gasteiger partial charge in [0.15, 0.2) is 6.10 Å². The molecular weight excluding hydrogens is 415 g/mol. The first-order valence-electron chi connectivity index (χ1n) is 9.54. The Balaban J connectivity index is 1.44. The Kier molecular flexibility index (Phi) is 7.50. The number of ether oxygens (including phenoxy) is 2. The number of nitrogens with zero attached hydrogens (tertiary/aromatic N) is 4. The summed E-state index contributed by atoms with van der Waals surface area (Å²) in [6, 6.07) is 5.63. The number of hydrogen-bond donors (Lipinski definition) is 0. The standard InChI is InChI=1S/C19H23FN4O5S/c1-3-27-19(26)24-10-8-23(9-11-24)16(25)12-30-18-22-21-17(29-18)13(2)28-15-6-4-14(20)5-7-15/h4-7,13H,3,8-12H2,1-2H3/t13-/m1/s1. The summed E-state index contributed by atoms with van der Waals surface area (Å²) < 4.78 is 29.1. The topological polar surface area (TPSA) is 98.0 Å². The highest BCUT2D eigenvalue weighted by Crippen LogP contribution is 2.24. The van der Waals surface area contributed by atoms with Crippen LogP contribution in [0.5, 0.6) is 5.75 Å². The quantitative estimate of drug-likeness (QED) is 0.609. The molecule has 1 saturated heterocycles. The summed E-state index contributed by atoms with van der Waals surface area (Å²) in [5, 5.41) is 8.14. The number of thioether (sulfide) groups is 1. The van der Waals surface area contributed by atoms with Gasteiger partial charge in [0.2, 0.25) is 5.91 Å². The number of amides is 2. The van der Waals surface area contributed by atoms with E-state index >= 15 is 0 Å². The SMILES string of the molecule is CCOC(=O)N1CCN(C(=O)CSc2nnc([C@@H](C)Oc3ccc(F)cc3)o2)CC1. The van der Waals surface area contributed by atoms with Gasteiger partial charge in [-0.1, -0.05) is 11.8 Å². The van der Waals surface area contributed by atoms with E-state index in [4.69, 9.17) is 13.9 Å². The second-order valence-corrected chi connectivity index (χ2v) is 7.40. The minimum Gasteiger partial charge on any atom is -0.481 e. The molecule has 0 unspecified atom stereocenters. The van der Waals surface area contributed by atoms with Crippen LogP contribution in [0.15, 0.2) is 33.9 Å². The number of aromatic nitrogens is 2. The van der Waals surface area contributed by atoms with Gasteiger partial charge in [-0.3, -0.25) is 4.79 Å². The van der Waals surface area contributed by atoms with Crippen LogP contribution in [-0.4, -0.2) is 70.5 Å². The first-order chi connectivity index (χ1) is 14.5. The van der Waals surface area contributed by atoms with Gasteiger partial charge in [0.05, 0.1) is 12.4 Å². The molecule has 1 aliphatic heterocycles. The third kappa shape index (κ3) is 5.85. The predicted octanol–water partition coefficient (Wildman–Crippen LogP) is 2.74. The molecule has 0 radical (unpaired) electrons. The summed E-state index contributed by atoms with van der Waals surface area (Å²) in [5.41, 5.74) is 0. The molecule has 9 nitrogen and oxygen atoms in total. The first-order valence-corrected chi connectivity index (χ1v) is 10.5. The molecule has 0 aliphatic carbocycles. The molecule has 162 valence electrons. The van der Waals surface area contributed by atoms with E-state index in [0.29, 0.717) is 38.5 Å². The van der Waals surface area contributed by atoms with E-state index in [1.165, 1.54) is 24.3 Å². The zero-order valence-corrected chi connectivity index (χ0v) is 17.6. The van der Waals surface area contributed by atoms with Crippen molar-refractivity contribution in [1.82, 2.24) is 20.0 Å². The van der Waals surface area contributed by atoms with E-state index in [1.807, 2.05) is 0 Å². The molecule has 0 N–H and O–H groups in total. The molecule has 1 fully saturated rings. The summed E-state index contributed by atoms with van der Waals surface area (Å²) in [4.78, 5) is 27.4. The fourth-order valence-corrected chi connectivity index (χ4v) is 3.45. The molecule has 0 saturated carbocycles. The van der Waals surface area contributed by atoms with Crippen molar-refractivity contribution in [3.63, 3.8) is 0 Å². The van der Waals surface area contributed by atoms with Crippen LogP contribution in [0.2, 0.25) is 0 Å². The number of hydrogen-bond acceptors (Lipinski definition) is 8. The van der Waals surface area contributed by atoms with Gasteiger partial charge in [0, 0.05) is 26.2 Å². The minimum atomic E-state index is -0.524. The van der Waals surface area contributed by atoms with Crippen molar-refractivity contribution in [3.05, 3.63) is 36.0 Å². The number of halogens is 1. The zero-order valence-electron chi connectivity index (χ0n) is 16.7. The summed E-state index contributed by atoms with van der Waals surface area (Å²) in [6.07, 6.45) is -0.877. The highest BCUT2D eigenvalue weighted by atomic mass is 32.2. The van der Waals surface area contributed by atoms with Gasteiger partial charge < -0.3 is 23.7 Å². The molecule has 11 heteroatoms. The van der Waals surface area contributed by atoms with Crippen molar-refractivity contribution in [1.29, 1.82) is 0 Å². The van der Waals surface area contributed by atoms with Crippen LogP contribution in [0.1, 0.15) is 25.8 Å². The molecule has 1 aromatic carbocycles. The Morgan fingerprint density at radius 1 is 1.17 bits per heavy atom. The molecular formula is C19H23FN4O5S. The van der Waals surface area contributed by atoms with Crippen molar-refractivity contribution in [2.45, 2.75) is 25.2 Å². The molecule has 0 bridgehead atoms. The van der Waals surface area contributed by atoms with E-state index in [1.54, 1.807) is 23.6 Å². The van der Waals surface area contributed by atoms with Gasteiger partial charge in [-0.15, -0.1) is 10.2 Å². The molecule has 1 aliphatic rings. The van der Waals surface area contributed by atoms with Gasteiger partial charge in [0.1, 0.15) is 11.6 Å². The maximum atomic E-state index is 13.0. The molecule has 0 spiro atoms. The van der Waals surface area contributed by atoms with E-state index < -0.39 is 6.10 Å². The van der Waals surface area contributed by atoms with Crippen molar-refractivity contribution >= 4 is 23.8 Å². The minimum absolute atomic E-state index is 0.0705. The molecule has 1 aromatic heterocycles. The number of rotatable bonds is 7. The Bertz CT molecular complexity index is 855. The Morgan fingerprint density at radius 3 is 2.50 bits per heavy atom. The summed E-state index contributed by atoms with van der Waals surface area (Å²) in [7, 11) is 0. The average molecular weight is 438 g/mol. The van der Waals surface area contributed by atoms with Crippen molar-refractivity contribution in [2.75, 3.05) is 38.5 Å². The third-order valence-electron chi connectivity index (χ3n) is 4.37. The number of piperazine rings is 1. The van der Waals surface area contributed by atoms with E-state index in [0.717, 1.165) is 11.8 Å². The van der Waals surface area contributed by atoms with Crippen LogP contribution in [-0.2, 0) is 9.53 Å². The summed E-state index contributed by atoms with van der Waals surface area (Å²) in [5.74, 6) is 0.469. The van der Waals surface area contributed by atoms with Crippen LogP contribution >= 0.6 is 11.8 Å². The van der Waals surface area contributed by atoms with Gasteiger partial charge in [0.25, 0.3) is 11.1 Å². The largest absolute Gasteiger partial charge is 0.481 e. The molecule has 1 atom stereocenters. The fourth-order valence-electron chi connectivity index (χ4n) is 2.78. The summed E-state index contributed by atoms with van der Waals surface area (Å²) in [6.45, 7) is 5.61. The van der Waals surface area contributed by atoms with Crippen LogP contribution in [0, 0.1) is 5.82 Å². The van der Waals surface area contributed by atoms with Gasteiger partial charge in [-0.05, 0) is 38.1 Å². The van der Waals surface area contributed by atoms with Crippen LogP contribution in [0.25, 0.3) is 0 Å². The normalized spacial score (nSPS) is 15.0. The second-order valence-electron chi connectivity index (χ2n) is 6.48. The molecule has 3 rings (SSSR count). The lowest BCUT2D eigenvalue weighted by Gasteiger charge is -2.33. The molecule has 2 amide bonds. The van der Waals surface area contributed by atoms with Crippen LogP contribution in [0.4, 0.5) is 9.18 Å². The monoisotopic (exact) mass is 438 g/mol. The lowest BCUT2D eigenvalue weighted by molar-refractivity contribution is -0.129. The summed E-state index contributed by atoms with van der Waals surface area (Å²) >= 11 is 1.14. The van der Waals surface area contributed by atoms with Gasteiger partial charge >= 0.3 is 6.09 Å². The number of benzene rings is 1. The lowest BCUT2D eigenvalue weighted by atomic mass is 10.3. The zero-order chi connectivity index (χ0) is 21.5. The highest BCUT2D eigenvalue weighted by Gasteiger charge is 2.25. The lowest BCUT2D eigenvalue weighted by Crippen LogP contribution is -2.51. The van der Waals surface area contributed by atoms with Crippen molar-refractivity contribution in [2.24, 2.45) is 0 Å². The molecule has 30 heavy (non-hydrogen) atoms. The van der Waals surface area contributed by atoms with Crippen LogP contribution < -0.4 is 4.74 Å². The first kappa shape index (κ1) is 21.9. The second kappa shape index (κ2) is 10.3. The Morgan fingerprint density at radius 2 is 1.83 bits per heavy atom. The maximum Gasteiger partial charge on any atom is 0.409 e. The number of carbonyl (C=O) groups excluding carboxylic acids is 2. The smallest absolute Gasteiger partial charge is 0.409 e. The number of carbonyl (C=O) groups is 2. The van der Waals surface area contributed by atoms with E-state index in [-0.39, 0.29) is 34.7 Å². The predicted molar refractivity (Wildman–Crippen MR) is 106 cm³/mol. The average Bonchev–Trinajstić information content (AvgIpc) is 3.23. The molecule has 2 aromatic rings. The Labute approximate surface area is 177 Å².